The number of nitrogens with zero attached hydrogens (tertiary/aromatic N) is 2. The highest BCUT2D eigenvalue weighted by Gasteiger charge is 2.28. The van der Waals surface area contributed by atoms with Crippen molar-refractivity contribution in [3.63, 3.8) is 0 Å². The number of fused-ring (bicyclic) bond motifs is 1. The maximum Gasteiger partial charge on any atom is 0.266 e. The fraction of sp³-hybridized carbons (Fsp3) is 0.263. The fourth-order valence-corrected chi connectivity index (χ4v) is 2.81. The molecule has 0 bridgehead atoms. The summed E-state index contributed by atoms with van der Waals surface area (Å²) in [6.07, 6.45) is 2.24. The maximum absolute atomic E-state index is 12.6. The number of anilines is 3. The molecule has 1 aliphatic heterocycles. The number of carbonyl (C=O) groups excluding carboxylic acids is 3. The molecule has 0 spiro atoms. The number of nitrogens with one attached hydrogen (secondary N) is 2. The lowest BCUT2D eigenvalue weighted by molar-refractivity contribution is -0.123. The van der Waals surface area contributed by atoms with E-state index in [4.69, 9.17) is 4.74 Å². The minimum atomic E-state index is -0.364. The molecule has 3 amide bonds. The van der Waals surface area contributed by atoms with Gasteiger partial charge in [-0.1, -0.05) is 13.0 Å². The van der Waals surface area contributed by atoms with E-state index >= 15 is 0 Å². The number of aryl methyl sites for hydroxylation is 1. The highest BCUT2D eigenvalue weighted by Crippen LogP contribution is 2.29. The Morgan fingerprint density at radius 2 is 2.07 bits per heavy atom. The highest BCUT2D eigenvalue weighted by atomic mass is 16.5. The molecule has 27 heavy (non-hydrogen) atoms. The zero-order valence-electron chi connectivity index (χ0n) is 15.1. The van der Waals surface area contributed by atoms with Gasteiger partial charge in [-0.15, -0.1) is 0 Å². The maximum atomic E-state index is 12.6. The smallest absolute Gasteiger partial charge is 0.266 e. The number of pyridine rings is 1. The van der Waals surface area contributed by atoms with Crippen molar-refractivity contribution in [2.75, 3.05) is 28.7 Å². The summed E-state index contributed by atoms with van der Waals surface area (Å²) in [6.45, 7) is 3.07. The van der Waals surface area contributed by atoms with Crippen LogP contribution in [0.5, 0.6) is 5.75 Å². The fourth-order valence-electron chi connectivity index (χ4n) is 2.81. The molecule has 140 valence electrons. The van der Waals surface area contributed by atoms with Gasteiger partial charge in [0.2, 0.25) is 11.8 Å². The standard InChI is InChI=1S/C19H20N4O4/c1-3-13-6-7-14(21-12(2)24)9-15(13)22-17(25)10-23-18(26)11-27-16-5-4-8-20-19(16)23/h4-9H,3,10-11H2,1-2H3,(H,21,24)(H,22,25). The zero-order valence-corrected chi connectivity index (χ0v) is 15.1. The number of rotatable bonds is 5. The first-order valence-electron chi connectivity index (χ1n) is 8.56. The third kappa shape index (κ3) is 4.22. The Hall–Kier alpha value is -3.42. The van der Waals surface area contributed by atoms with Crippen molar-refractivity contribution in [1.29, 1.82) is 0 Å². The summed E-state index contributed by atoms with van der Waals surface area (Å²) in [6, 6.07) is 8.73. The predicted molar refractivity (Wildman–Crippen MR) is 101 cm³/mol. The quantitative estimate of drug-likeness (QED) is 0.840. The van der Waals surface area contributed by atoms with Crippen molar-refractivity contribution < 1.29 is 19.1 Å². The van der Waals surface area contributed by atoms with Crippen molar-refractivity contribution in [3.8, 4) is 5.75 Å². The molecule has 1 aromatic heterocycles. The van der Waals surface area contributed by atoms with E-state index in [0.717, 1.165) is 5.56 Å². The molecule has 0 radical (unpaired) electrons. The molecule has 1 aliphatic rings. The second kappa shape index (κ2) is 7.86. The van der Waals surface area contributed by atoms with Gasteiger partial charge < -0.3 is 15.4 Å². The molecule has 1 aromatic carbocycles. The molecule has 2 aromatic rings. The van der Waals surface area contributed by atoms with Gasteiger partial charge in [0, 0.05) is 24.5 Å². The lowest BCUT2D eigenvalue weighted by Gasteiger charge is -2.27. The number of aromatic nitrogens is 1. The van der Waals surface area contributed by atoms with Crippen LogP contribution in [0.1, 0.15) is 19.4 Å². The van der Waals surface area contributed by atoms with Crippen molar-refractivity contribution >= 4 is 34.9 Å². The second-order valence-electron chi connectivity index (χ2n) is 6.05. The molecule has 0 unspecified atom stereocenters. The normalized spacial score (nSPS) is 12.8. The average molecular weight is 368 g/mol. The van der Waals surface area contributed by atoms with Crippen LogP contribution in [0.2, 0.25) is 0 Å². The van der Waals surface area contributed by atoms with Crippen LogP contribution in [0.4, 0.5) is 17.2 Å². The van der Waals surface area contributed by atoms with E-state index in [0.29, 0.717) is 29.4 Å². The van der Waals surface area contributed by atoms with Gasteiger partial charge in [-0.2, -0.15) is 0 Å². The van der Waals surface area contributed by atoms with Gasteiger partial charge in [-0.05, 0) is 36.2 Å². The van der Waals surface area contributed by atoms with E-state index in [1.54, 1.807) is 24.3 Å². The van der Waals surface area contributed by atoms with E-state index in [1.165, 1.54) is 18.0 Å². The number of hydrogen-bond donors (Lipinski definition) is 2. The third-order valence-corrected chi connectivity index (χ3v) is 4.05. The number of ether oxygens (including phenoxy) is 1. The van der Waals surface area contributed by atoms with E-state index < -0.39 is 0 Å². The van der Waals surface area contributed by atoms with Crippen LogP contribution in [0.25, 0.3) is 0 Å². The Morgan fingerprint density at radius 1 is 1.26 bits per heavy atom. The van der Waals surface area contributed by atoms with Gasteiger partial charge in [0.25, 0.3) is 5.91 Å². The van der Waals surface area contributed by atoms with Crippen molar-refractivity contribution in [3.05, 3.63) is 42.1 Å². The lowest BCUT2D eigenvalue weighted by atomic mass is 10.1. The molecular weight excluding hydrogens is 348 g/mol. The molecular formula is C19H20N4O4. The lowest BCUT2D eigenvalue weighted by Crippen LogP contribution is -2.44. The number of benzene rings is 1. The molecule has 0 aliphatic carbocycles. The van der Waals surface area contributed by atoms with Crippen LogP contribution in [0.3, 0.4) is 0 Å². The summed E-state index contributed by atoms with van der Waals surface area (Å²) in [7, 11) is 0. The van der Waals surface area contributed by atoms with Crippen LogP contribution in [-0.2, 0) is 20.8 Å². The van der Waals surface area contributed by atoms with Crippen LogP contribution >= 0.6 is 0 Å². The molecule has 0 fully saturated rings. The summed E-state index contributed by atoms with van der Waals surface area (Å²) in [5.41, 5.74) is 2.10. The first kappa shape index (κ1) is 18.4. The average Bonchev–Trinajstić information content (AvgIpc) is 2.64. The van der Waals surface area contributed by atoms with Crippen LogP contribution < -0.4 is 20.3 Å². The molecule has 2 heterocycles. The number of hydrogen-bond acceptors (Lipinski definition) is 5. The van der Waals surface area contributed by atoms with Crippen molar-refractivity contribution in [2.24, 2.45) is 0 Å². The topological polar surface area (TPSA) is 101 Å². The Balaban J connectivity index is 1.78. The van der Waals surface area contributed by atoms with Gasteiger partial charge in [0.15, 0.2) is 18.2 Å². The van der Waals surface area contributed by atoms with Crippen LogP contribution in [0.15, 0.2) is 36.5 Å². The highest BCUT2D eigenvalue weighted by molar-refractivity contribution is 6.04. The summed E-state index contributed by atoms with van der Waals surface area (Å²) in [4.78, 5) is 41.5. The predicted octanol–water partition coefficient (Wildman–Crippen LogP) is 1.97. The molecule has 8 nitrogen and oxygen atoms in total. The van der Waals surface area contributed by atoms with Gasteiger partial charge >= 0.3 is 0 Å². The van der Waals surface area contributed by atoms with Gasteiger partial charge in [-0.3, -0.25) is 19.3 Å². The Bertz CT molecular complexity index is 897. The van der Waals surface area contributed by atoms with E-state index in [2.05, 4.69) is 15.6 Å². The zero-order chi connectivity index (χ0) is 19.4. The minimum absolute atomic E-state index is 0.135. The summed E-state index contributed by atoms with van der Waals surface area (Å²) in [5.74, 6) is -0.105. The van der Waals surface area contributed by atoms with E-state index in [-0.39, 0.29) is 30.9 Å². The van der Waals surface area contributed by atoms with Crippen LogP contribution in [-0.4, -0.2) is 35.9 Å². The largest absolute Gasteiger partial charge is 0.480 e. The number of carbonyl (C=O) groups is 3. The molecule has 2 N–H and O–H groups in total. The monoisotopic (exact) mass is 368 g/mol. The molecule has 0 saturated carbocycles. The molecule has 8 heteroatoms. The summed E-state index contributed by atoms with van der Waals surface area (Å²) >= 11 is 0. The molecule has 0 atom stereocenters. The van der Waals surface area contributed by atoms with Crippen molar-refractivity contribution in [2.45, 2.75) is 20.3 Å². The second-order valence-corrected chi connectivity index (χ2v) is 6.05. The van der Waals surface area contributed by atoms with Crippen molar-refractivity contribution in [1.82, 2.24) is 4.98 Å². The summed E-state index contributed by atoms with van der Waals surface area (Å²) < 4.78 is 5.33. The van der Waals surface area contributed by atoms with E-state index in [1.807, 2.05) is 13.0 Å². The Labute approximate surface area is 156 Å². The number of amides is 3. The summed E-state index contributed by atoms with van der Waals surface area (Å²) in [5, 5.41) is 5.51. The SMILES string of the molecule is CCc1ccc(NC(C)=O)cc1NC(=O)CN1C(=O)COc2cccnc21. The first-order valence-corrected chi connectivity index (χ1v) is 8.56. The van der Waals surface area contributed by atoms with Crippen LogP contribution in [0, 0.1) is 0 Å². The van der Waals surface area contributed by atoms with Gasteiger partial charge in [-0.25, -0.2) is 4.98 Å². The minimum Gasteiger partial charge on any atom is -0.480 e. The molecule has 3 rings (SSSR count). The Kier molecular flexibility index (Phi) is 5.35. The van der Waals surface area contributed by atoms with Gasteiger partial charge in [0.05, 0.1) is 0 Å². The van der Waals surface area contributed by atoms with Gasteiger partial charge in [0.1, 0.15) is 6.54 Å². The van der Waals surface area contributed by atoms with E-state index in [9.17, 15) is 14.4 Å². The third-order valence-electron chi connectivity index (χ3n) is 4.05. The first-order chi connectivity index (χ1) is 13.0. The molecule has 0 saturated heterocycles. The Morgan fingerprint density at radius 3 is 2.81 bits per heavy atom.